The Bertz CT molecular complexity index is 472. The van der Waals surface area contributed by atoms with Gasteiger partial charge in [-0.3, -0.25) is 9.59 Å². The molecule has 0 aromatic heterocycles. The zero-order valence-corrected chi connectivity index (χ0v) is 10.2. The van der Waals surface area contributed by atoms with E-state index in [1.54, 1.807) is 24.3 Å². The SMILES string of the molecule is CCCCC(C)=C1C(=O)c2ccccc2C1=O. The first-order valence-corrected chi connectivity index (χ1v) is 6.05. The van der Waals surface area contributed by atoms with Crippen LogP contribution in [0.4, 0.5) is 0 Å². The third-order valence-electron chi connectivity index (χ3n) is 3.20. The van der Waals surface area contributed by atoms with Crippen LogP contribution in [0.3, 0.4) is 0 Å². The van der Waals surface area contributed by atoms with Gasteiger partial charge in [0, 0.05) is 11.1 Å². The molecule has 0 amide bonds. The number of carbonyl (C=O) groups is 2. The summed E-state index contributed by atoms with van der Waals surface area (Å²) in [5.74, 6) is -0.196. The highest BCUT2D eigenvalue weighted by molar-refractivity contribution is 6.39. The molecule has 88 valence electrons. The Labute approximate surface area is 101 Å². The molecule has 1 aliphatic carbocycles. The molecule has 0 bridgehead atoms. The van der Waals surface area contributed by atoms with Gasteiger partial charge in [0.25, 0.3) is 0 Å². The standard InChI is InChI=1S/C15H16O2/c1-3-4-7-10(2)13-14(16)11-8-5-6-9-12(11)15(13)17/h5-6,8-9H,3-4,7H2,1-2H3. The maximum atomic E-state index is 12.1. The van der Waals surface area contributed by atoms with Crippen molar-refractivity contribution < 1.29 is 9.59 Å². The van der Waals surface area contributed by atoms with Crippen LogP contribution in [0.25, 0.3) is 0 Å². The number of carbonyl (C=O) groups excluding carboxylic acids is 2. The molecule has 0 fully saturated rings. The Balaban J connectivity index is 2.42. The zero-order chi connectivity index (χ0) is 12.4. The van der Waals surface area contributed by atoms with E-state index in [1.165, 1.54) is 0 Å². The minimum atomic E-state index is -0.0980. The van der Waals surface area contributed by atoms with E-state index in [-0.39, 0.29) is 11.6 Å². The van der Waals surface area contributed by atoms with Crippen LogP contribution < -0.4 is 0 Å². The highest BCUT2D eigenvalue weighted by atomic mass is 16.2. The number of allylic oxidation sites excluding steroid dienone is 2. The molecule has 2 rings (SSSR count). The van der Waals surface area contributed by atoms with E-state index < -0.39 is 0 Å². The Morgan fingerprint density at radius 1 is 1.06 bits per heavy atom. The number of hydrogen-bond acceptors (Lipinski definition) is 2. The Morgan fingerprint density at radius 2 is 1.59 bits per heavy atom. The van der Waals surface area contributed by atoms with Crippen molar-refractivity contribution >= 4 is 11.6 Å². The van der Waals surface area contributed by atoms with Crippen molar-refractivity contribution in [1.82, 2.24) is 0 Å². The topological polar surface area (TPSA) is 34.1 Å². The average molecular weight is 228 g/mol. The van der Waals surface area contributed by atoms with E-state index in [1.807, 2.05) is 6.92 Å². The van der Waals surface area contributed by atoms with Crippen LogP contribution in [0.2, 0.25) is 0 Å². The molecule has 0 saturated carbocycles. The van der Waals surface area contributed by atoms with Crippen LogP contribution in [0, 0.1) is 0 Å². The smallest absolute Gasteiger partial charge is 0.197 e. The fraction of sp³-hybridized carbons (Fsp3) is 0.333. The first-order chi connectivity index (χ1) is 8.16. The molecule has 2 nitrogen and oxygen atoms in total. The lowest BCUT2D eigenvalue weighted by Gasteiger charge is -2.02. The zero-order valence-electron chi connectivity index (χ0n) is 10.2. The molecule has 1 aromatic rings. The summed E-state index contributed by atoms with van der Waals surface area (Å²) < 4.78 is 0. The monoisotopic (exact) mass is 228 g/mol. The lowest BCUT2D eigenvalue weighted by molar-refractivity contribution is 0.0986. The summed E-state index contributed by atoms with van der Waals surface area (Å²) in [6, 6.07) is 7.06. The van der Waals surface area contributed by atoms with Crippen LogP contribution in [0.1, 0.15) is 53.8 Å². The van der Waals surface area contributed by atoms with Gasteiger partial charge in [-0.2, -0.15) is 0 Å². The third-order valence-corrected chi connectivity index (χ3v) is 3.20. The molecule has 0 aliphatic heterocycles. The Hall–Kier alpha value is -1.70. The van der Waals surface area contributed by atoms with Gasteiger partial charge in [-0.25, -0.2) is 0 Å². The molecule has 0 saturated heterocycles. The number of ketones is 2. The van der Waals surface area contributed by atoms with Gasteiger partial charge in [-0.15, -0.1) is 0 Å². The second-order valence-electron chi connectivity index (χ2n) is 4.46. The van der Waals surface area contributed by atoms with Gasteiger partial charge < -0.3 is 0 Å². The van der Waals surface area contributed by atoms with E-state index >= 15 is 0 Å². The largest absolute Gasteiger partial charge is 0.288 e. The molecule has 2 heteroatoms. The number of unbranched alkanes of at least 4 members (excludes halogenated alkanes) is 1. The summed E-state index contributed by atoms with van der Waals surface area (Å²) >= 11 is 0. The van der Waals surface area contributed by atoms with Gasteiger partial charge in [-0.1, -0.05) is 43.2 Å². The van der Waals surface area contributed by atoms with Crippen molar-refractivity contribution in [2.45, 2.75) is 33.1 Å². The van der Waals surface area contributed by atoms with Crippen molar-refractivity contribution in [3.63, 3.8) is 0 Å². The molecule has 0 heterocycles. The van der Waals surface area contributed by atoms with Crippen LogP contribution in [-0.2, 0) is 0 Å². The van der Waals surface area contributed by atoms with E-state index in [2.05, 4.69) is 6.92 Å². The number of rotatable bonds is 3. The average Bonchev–Trinajstić information content (AvgIpc) is 2.60. The van der Waals surface area contributed by atoms with Gasteiger partial charge in [0.1, 0.15) is 0 Å². The summed E-state index contributed by atoms with van der Waals surface area (Å²) in [6.45, 7) is 4.00. The predicted molar refractivity (Wildman–Crippen MR) is 67.3 cm³/mol. The summed E-state index contributed by atoms with van der Waals surface area (Å²) in [6.07, 6.45) is 2.92. The summed E-state index contributed by atoms with van der Waals surface area (Å²) in [5.41, 5.74) is 2.45. The van der Waals surface area contributed by atoms with Crippen LogP contribution in [-0.4, -0.2) is 11.6 Å². The van der Waals surface area contributed by atoms with E-state index in [0.717, 1.165) is 24.8 Å². The molecule has 0 N–H and O–H groups in total. The van der Waals surface area contributed by atoms with Crippen molar-refractivity contribution in [2.24, 2.45) is 0 Å². The van der Waals surface area contributed by atoms with Crippen molar-refractivity contribution in [3.05, 3.63) is 46.5 Å². The van der Waals surface area contributed by atoms with Gasteiger partial charge in [0.05, 0.1) is 5.57 Å². The molecular formula is C15H16O2. The predicted octanol–water partition coefficient (Wildman–Crippen LogP) is 3.57. The van der Waals surface area contributed by atoms with Crippen molar-refractivity contribution in [2.75, 3.05) is 0 Å². The third kappa shape index (κ3) is 1.95. The maximum absolute atomic E-state index is 12.1. The van der Waals surface area contributed by atoms with Gasteiger partial charge in [0.2, 0.25) is 0 Å². The Kier molecular flexibility index (Phi) is 3.23. The first kappa shape index (κ1) is 11.8. The van der Waals surface area contributed by atoms with Gasteiger partial charge >= 0.3 is 0 Å². The molecule has 1 aromatic carbocycles. The Morgan fingerprint density at radius 3 is 2.06 bits per heavy atom. The highest BCUT2D eigenvalue weighted by Gasteiger charge is 2.33. The molecule has 0 spiro atoms. The number of fused-ring (bicyclic) bond motifs is 1. The van der Waals surface area contributed by atoms with E-state index in [0.29, 0.717) is 16.7 Å². The summed E-state index contributed by atoms with van der Waals surface area (Å²) in [4.78, 5) is 24.3. The fourth-order valence-corrected chi connectivity index (χ4v) is 2.21. The molecule has 0 radical (unpaired) electrons. The second-order valence-corrected chi connectivity index (χ2v) is 4.46. The minimum absolute atomic E-state index is 0.0980. The van der Waals surface area contributed by atoms with Crippen molar-refractivity contribution in [3.8, 4) is 0 Å². The minimum Gasteiger partial charge on any atom is -0.288 e. The molecule has 17 heavy (non-hydrogen) atoms. The van der Waals surface area contributed by atoms with E-state index in [4.69, 9.17) is 0 Å². The second kappa shape index (κ2) is 4.66. The summed E-state index contributed by atoms with van der Waals surface area (Å²) in [7, 11) is 0. The number of Topliss-reactive ketones (excluding diaryl/α,β-unsaturated/α-hetero) is 2. The molecule has 0 unspecified atom stereocenters. The quantitative estimate of drug-likeness (QED) is 0.585. The van der Waals surface area contributed by atoms with Crippen LogP contribution in [0.15, 0.2) is 35.4 Å². The maximum Gasteiger partial charge on any atom is 0.197 e. The van der Waals surface area contributed by atoms with Crippen LogP contribution in [0.5, 0.6) is 0 Å². The van der Waals surface area contributed by atoms with Crippen molar-refractivity contribution in [1.29, 1.82) is 0 Å². The molecule has 0 atom stereocenters. The lowest BCUT2D eigenvalue weighted by atomic mass is 10.0. The van der Waals surface area contributed by atoms with Gasteiger partial charge in [-0.05, 0) is 19.8 Å². The van der Waals surface area contributed by atoms with Crippen LogP contribution >= 0.6 is 0 Å². The molecular weight excluding hydrogens is 212 g/mol. The normalized spacial score (nSPS) is 14.1. The lowest BCUT2D eigenvalue weighted by Crippen LogP contribution is -2.04. The van der Waals surface area contributed by atoms with Gasteiger partial charge in [0.15, 0.2) is 11.6 Å². The highest BCUT2D eigenvalue weighted by Crippen LogP contribution is 2.29. The number of hydrogen-bond donors (Lipinski definition) is 0. The first-order valence-electron chi connectivity index (χ1n) is 6.05. The summed E-state index contributed by atoms with van der Waals surface area (Å²) in [5, 5.41) is 0. The molecule has 1 aliphatic rings. The van der Waals surface area contributed by atoms with E-state index in [9.17, 15) is 9.59 Å². The fourth-order valence-electron chi connectivity index (χ4n) is 2.21. The number of benzene rings is 1.